The lowest BCUT2D eigenvalue weighted by Gasteiger charge is -2.24. The van der Waals surface area contributed by atoms with Crippen LogP contribution in [0, 0.1) is 6.57 Å². The highest BCUT2D eigenvalue weighted by Crippen LogP contribution is 2.35. The third-order valence-corrected chi connectivity index (χ3v) is 6.94. The first kappa shape index (κ1) is 21.1. The van der Waals surface area contributed by atoms with Crippen molar-refractivity contribution in [1.29, 1.82) is 0 Å². The fourth-order valence-corrected chi connectivity index (χ4v) is 5.22. The quantitative estimate of drug-likeness (QED) is 0.524. The molecular formula is C21H24N6O3S. The molecular weight excluding hydrogens is 416 g/mol. The number of anilines is 2. The summed E-state index contributed by atoms with van der Waals surface area (Å²) in [6.07, 6.45) is 6.39. The van der Waals surface area contributed by atoms with Crippen molar-refractivity contribution in [2.24, 2.45) is 5.73 Å². The first-order chi connectivity index (χ1) is 14.8. The molecule has 0 amide bonds. The van der Waals surface area contributed by atoms with E-state index in [0.717, 1.165) is 31.9 Å². The molecule has 0 spiro atoms. The number of rotatable bonds is 5. The number of fused-ring (bicyclic) bond motifs is 1. The second-order valence-corrected chi connectivity index (χ2v) is 9.82. The van der Waals surface area contributed by atoms with E-state index >= 15 is 0 Å². The van der Waals surface area contributed by atoms with Crippen LogP contribution in [-0.4, -0.2) is 35.5 Å². The number of sulfone groups is 1. The average Bonchev–Trinajstić information content (AvgIpc) is 3.12. The summed E-state index contributed by atoms with van der Waals surface area (Å²) in [5.74, 6) is 0.362. The molecule has 1 saturated carbocycles. The van der Waals surface area contributed by atoms with Crippen LogP contribution in [0.25, 0.3) is 15.7 Å². The Morgan fingerprint density at radius 3 is 2.81 bits per heavy atom. The Labute approximate surface area is 180 Å². The number of aromatic amines is 1. The second kappa shape index (κ2) is 8.17. The third-order valence-electron chi connectivity index (χ3n) is 5.75. The van der Waals surface area contributed by atoms with E-state index in [1.54, 1.807) is 29.1 Å². The van der Waals surface area contributed by atoms with Crippen LogP contribution in [-0.2, 0) is 16.4 Å². The normalized spacial score (nSPS) is 19.3. The molecule has 3 aromatic rings. The van der Waals surface area contributed by atoms with Crippen LogP contribution >= 0.6 is 0 Å². The molecule has 2 heterocycles. The Kier molecular flexibility index (Phi) is 5.56. The first-order valence-electron chi connectivity index (χ1n) is 10.1. The summed E-state index contributed by atoms with van der Waals surface area (Å²) in [6, 6.07) is 6.29. The molecule has 1 aromatic carbocycles. The molecule has 2 atom stereocenters. The van der Waals surface area contributed by atoms with E-state index < -0.39 is 9.84 Å². The van der Waals surface area contributed by atoms with E-state index in [0.29, 0.717) is 28.0 Å². The van der Waals surface area contributed by atoms with Gasteiger partial charge in [0.15, 0.2) is 15.7 Å². The van der Waals surface area contributed by atoms with Gasteiger partial charge in [0.25, 0.3) is 5.56 Å². The van der Waals surface area contributed by atoms with Crippen LogP contribution in [0.5, 0.6) is 0 Å². The molecule has 1 aliphatic rings. The Bertz CT molecular complexity index is 1340. The number of pyridine rings is 1. The number of hydrogen-bond acceptors (Lipinski definition) is 6. The molecule has 1 aliphatic carbocycles. The molecule has 4 rings (SSSR count). The van der Waals surface area contributed by atoms with Gasteiger partial charge in [-0.05, 0) is 42.7 Å². The Morgan fingerprint density at radius 2 is 2.10 bits per heavy atom. The van der Waals surface area contributed by atoms with Gasteiger partial charge in [-0.15, -0.1) is 0 Å². The lowest BCUT2D eigenvalue weighted by Crippen LogP contribution is -2.26. The van der Waals surface area contributed by atoms with Gasteiger partial charge in [-0.3, -0.25) is 9.48 Å². The first-order valence-corrected chi connectivity index (χ1v) is 12.0. The van der Waals surface area contributed by atoms with E-state index in [1.807, 2.05) is 0 Å². The number of nitrogens with two attached hydrogens (primary N) is 1. The molecule has 162 valence electrons. The van der Waals surface area contributed by atoms with Crippen LogP contribution in [0.3, 0.4) is 0 Å². The molecule has 0 radical (unpaired) electrons. The van der Waals surface area contributed by atoms with Gasteiger partial charge < -0.3 is 20.9 Å². The molecule has 31 heavy (non-hydrogen) atoms. The van der Waals surface area contributed by atoms with Crippen molar-refractivity contribution in [2.45, 2.75) is 49.2 Å². The molecule has 0 aliphatic heterocycles. The predicted octanol–water partition coefficient (Wildman–Crippen LogP) is 2.73. The van der Waals surface area contributed by atoms with Gasteiger partial charge >= 0.3 is 0 Å². The van der Waals surface area contributed by atoms with Crippen molar-refractivity contribution in [3.63, 3.8) is 0 Å². The fraction of sp³-hybridized carbons (Fsp3) is 0.381. The molecule has 0 bridgehead atoms. The maximum absolute atomic E-state index is 12.6. The van der Waals surface area contributed by atoms with E-state index in [2.05, 4.69) is 20.2 Å². The zero-order valence-corrected chi connectivity index (χ0v) is 17.9. The number of hydrogen-bond donors (Lipinski definition) is 3. The summed E-state index contributed by atoms with van der Waals surface area (Å²) in [4.78, 5) is 19.3. The largest absolute Gasteiger partial charge is 0.338 e. The molecule has 10 heteroatoms. The Balaban J connectivity index is 1.81. The topological polar surface area (TPSA) is 127 Å². The zero-order valence-electron chi connectivity index (χ0n) is 17.1. The number of nitrogens with zero attached hydrogens (tertiary/aromatic N) is 3. The highest BCUT2D eigenvalue weighted by atomic mass is 32.2. The fourth-order valence-electron chi connectivity index (χ4n) is 4.28. The summed E-state index contributed by atoms with van der Waals surface area (Å²) >= 11 is 0. The van der Waals surface area contributed by atoms with Gasteiger partial charge in [-0.2, -0.15) is 5.10 Å². The highest BCUT2D eigenvalue weighted by Gasteiger charge is 2.33. The number of nitrogens with one attached hydrogen (secondary N) is 2. The Morgan fingerprint density at radius 1 is 1.32 bits per heavy atom. The van der Waals surface area contributed by atoms with Crippen LogP contribution in [0.4, 0.5) is 11.5 Å². The zero-order chi connectivity index (χ0) is 22.2. The summed E-state index contributed by atoms with van der Waals surface area (Å²) in [5, 5.41) is 8.24. The highest BCUT2D eigenvalue weighted by molar-refractivity contribution is 7.90. The monoisotopic (exact) mass is 440 g/mol. The molecule has 0 saturated heterocycles. The van der Waals surface area contributed by atoms with Gasteiger partial charge in [0, 0.05) is 31.1 Å². The second-order valence-electron chi connectivity index (χ2n) is 7.83. The minimum Gasteiger partial charge on any atom is -0.338 e. The van der Waals surface area contributed by atoms with Crippen LogP contribution in [0.15, 0.2) is 40.2 Å². The summed E-state index contributed by atoms with van der Waals surface area (Å²) < 4.78 is 25.8. The average molecular weight is 441 g/mol. The number of aromatic nitrogens is 3. The van der Waals surface area contributed by atoms with Crippen molar-refractivity contribution in [2.75, 3.05) is 11.6 Å². The SMILES string of the molecule is [C-]#[N+][C@H]1CCCC[C@@H]1n1nc(Nc2ccc(S(C)(=O)=O)c(CN)c2)c2c(=O)[nH]ccc21. The minimum absolute atomic E-state index is 0.0580. The van der Waals surface area contributed by atoms with E-state index in [1.165, 1.54) is 6.07 Å². The predicted molar refractivity (Wildman–Crippen MR) is 119 cm³/mol. The van der Waals surface area contributed by atoms with Gasteiger partial charge in [0.1, 0.15) is 11.4 Å². The van der Waals surface area contributed by atoms with E-state index in [4.69, 9.17) is 12.3 Å². The van der Waals surface area contributed by atoms with Gasteiger partial charge in [0.05, 0.1) is 10.4 Å². The van der Waals surface area contributed by atoms with Gasteiger partial charge in [-0.25, -0.2) is 15.0 Å². The van der Waals surface area contributed by atoms with Crippen molar-refractivity contribution < 1.29 is 8.42 Å². The maximum atomic E-state index is 12.6. The van der Waals surface area contributed by atoms with Crippen molar-refractivity contribution in [3.8, 4) is 0 Å². The molecule has 1 fully saturated rings. The van der Waals surface area contributed by atoms with Gasteiger partial charge in [0.2, 0.25) is 6.04 Å². The lowest BCUT2D eigenvalue weighted by atomic mass is 9.91. The maximum Gasteiger partial charge on any atom is 0.261 e. The van der Waals surface area contributed by atoms with Crippen molar-refractivity contribution in [1.82, 2.24) is 14.8 Å². The van der Waals surface area contributed by atoms with E-state index in [-0.39, 0.29) is 29.1 Å². The number of H-pyrrole nitrogens is 1. The third kappa shape index (κ3) is 3.94. The molecule has 0 unspecified atom stereocenters. The minimum atomic E-state index is -3.41. The smallest absolute Gasteiger partial charge is 0.261 e. The summed E-state index contributed by atoms with van der Waals surface area (Å²) in [6.45, 7) is 7.63. The molecule has 4 N–H and O–H groups in total. The van der Waals surface area contributed by atoms with Gasteiger partial charge in [-0.1, -0.05) is 6.42 Å². The van der Waals surface area contributed by atoms with Crippen LogP contribution < -0.4 is 16.6 Å². The lowest BCUT2D eigenvalue weighted by molar-refractivity contribution is 0.321. The number of benzene rings is 1. The van der Waals surface area contributed by atoms with Crippen molar-refractivity contribution >= 4 is 32.2 Å². The molecule has 9 nitrogen and oxygen atoms in total. The van der Waals surface area contributed by atoms with Crippen molar-refractivity contribution in [3.05, 3.63) is 57.8 Å². The standard InChI is InChI=1S/C21H24N6O3S/c1-23-15-5-3-4-6-16(15)27-17-9-10-24-21(28)19(17)20(26-27)25-14-7-8-18(31(2,29)30)13(11-14)12-22/h7-11,15-16H,3-6,12,22H2,2H3,(H,24,28)(H,25,26)/t15-,16-/m0/s1. The molecule has 2 aromatic heterocycles. The van der Waals surface area contributed by atoms with Crippen LogP contribution in [0.1, 0.15) is 37.3 Å². The van der Waals surface area contributed by atoms with E-state index in [9.17, 15) is 13.2 Å². The summed E-state index contributed by atoms with van der Waals surface area (Å²) in [7, 11) is -3.41. The Hall–Kier alpha value is -3.16. The van der Waals surface area contributed by atoms with Crippen LogP contribution in [0.2, 0.25) is 0 Å². The summed E-state index contributed by atoms with van der Waals surface area (Å²) in [5.41, 5.74) is 7.20.